The van der Waals surface area contributed by atoms with Crippen molar-refractivity contribution < 1.29 is 9.53 Å². The maximum absolute atomic E-state index is 12.5. The fourth-order valence-corrected chi connectivity index (χ4v) is 4.24. The molecule has 0 aliphatic rings. The maximum Gasteiger partial charge on any atom is 0.264 e. The van der Waals surface area contributed by atoms with Crippen LogP contribution in [0.25, 0.3) is 0 Å². The summed E-state index contributed by atoms with van der Waals surface area (Å²) in [4.78, 5) is 19.8. The van der Waals surface area contributed by atoms with Crippen LogP contribution in [0.5, 0.6) is 5.75 Å². The van der Waals surface area contributed by atoms with Gasteiger partial charge in [-0.1, -0.05) is 12.1 Å². The summed E-state index contributed by atoms with van der Waals surface area (Å²) in [6, 6.07) is 7.99. The predicted molar refractivity (Wildman–Crippen MR) is 112 cm³/mol. The SMILES string of the molecule is CCN(Cc1csc(COc2cc(C)cc(C)c2C)n1)C(=O)c1cccs1. The smallest absolute Gasteiger partial charge is 0.264 e. The van der Waals surface area contributed by atoms with E-state index in [-0.39, 0.29) is 5.91 Å². The molecule has 6 heteroatoms. The number of nitrogens with zero attached hydrogens (tertiary/aromatic N) is 2. The van der Waals surface area contributed by atoms with Crippen molar-refractivity contribution in [1.82, 2.24) is 9.88 Å². The van der Waals surface area contributed by atoms with Crippen molar-refractivity contribution in [3.8, 4) is 5.75 Å². The number of hydrogen-bond donors (Lipinski definition) is 0. The van der Waals surface area contributed by atoms with Gasteiger partial charge in [0.25, 0.3) is 5.91 Å². The molecule has 3 aromatic rings. The van der Waals surface area contributed by atoms with Gasteiger partial charge in [-0.2, -0.15) is 0 Å². The van der Waals surface area contributed by atoms with E-state index in [0.717, 1.165) is 26.9 Å². The number of amides is 1. The second-order valence-electron chi connectivity index (χ2n) is 6.52. The van der Waals surface area contributed by atoms with E-state index in [1.54, 1.807) is 11.3 Å². The van der Waals surface area contributed by atoms with Crippen molar-refractivity contribution in [2.24, 2.45) is 0 Å². The lowest BCUT2D eigenvalue weighted by atomic mass is 10.1. The first kappa shape index (κ1) is 19.6. The van der Waals surface area contributed by atoms with E-state index in [4.69, 9.17) is 4.74 Å². The number of thiazole rings is 1. The normalized spacial score (nSPS) is 10.8. The van der Waals surface area contributed by atoms with Gasteiger partial charge < -0.3 is 9.64 Å². The van der Waals surface area contributed by atoms with Crippen LogP contribution in [0, 0.1) is 20.8 Å². The van der Waals surface area contributed by atoms with Crippen LogP contribution >= 0.6 is 22.7 Å². The molecule has 27 heavy (non-hydrogen) atoms. The first-order chi connectivity index (χ1) is 13.0. The highest BCUT2D eigenvalue weighted by molar-refractivity contribution is 7.12. The molecule has 1 aromatic carbocycles. The van der Waals surface area contributed by atoms with E-state index >= 15 is 0 Å². The number of rotatable bonds is 7. The van der Waals surface area contributed by atoms with Gasteiger partial charge in [0.05, 0.1) is 17.1 Å². The molecular formula is C21H24N2O2S2. The summed E-state index contributed by atoms with van der Waals surface area (Å²) >= 11 is 3.04. The van der Waals surface area contributed by atoms with Crippen LogP contribution < -0.4 is 4.74 Å². The fourth-order valence-electron chi connectivity index (χ4n) is 2.86. The Balaban J connectivity index is 1.64. The lowest BCUT2D eigenvalue weighted by molar-refractivity contribution is 0.0755. The fraction of sp³-hybridized carbons (Fsp3) is 0.333. The molecule has 0 radical (unpaired) electrons. The third kappa shape index (κ3) is 4.76. The monoisotopic (exact) mass is 400 g/mol. The van der Waals surface area contributed by atoms with E-state index in [2.05, 4.69) is 37.9 Å². The number of aromatic nitrogens is 1. The summed E-state index contributed by atoms with van der Waals surface area (Å²) < 4.78 is 6.00. The Hall–Kier alpha value is -2.18. The summed E-state index contributed by atoms with van der Waals surface area (Å²) in [6.07, 6.45) is 0. The molecular weight excluding hydrogens is 376 g/mol. The highest BCUT2D eigenvalue weighted by Gasteiger charge is 2.17. The molecule has 4 nitrogen and oxygen atoms in total. The number of carbonyl (C=O) groups is 1. The molecule has 3 rings (SSSR count). The number of carbonyl (C=O) groups excluding carboxylic acids is 1. The topological polar surface area (TPSA) is 42.4 Å². The van der Waals surface area contributed by atoms with E-state index < -0.39 is 0 Å². The highest BCUT2D eigenvalue weighted by Crippen LogP contribution is 2.25. The quantitative estimate of drug-likeness (QED) is 0.535. The predicted octanol–water partition coefficient (Wildman–Crippen LogP) is 5.37. The van der Waals surface area contributed by atoms with Crippen molar-refractivity contribution in [2.45, 2.75) is 40.8 Å². The Labute approximate surface area is 168 Å². The molecule has 2 heterocycles. The van der Waals surface area contributed by atoms with Gasteiger partial charge in [-0.3, -0.25) is 4.79 Å². The second-order valence-corrected chi connectivity index (χ2v) is 8.41. The van der Waals surface area contributed by atoms with E-state index in [9.17, 15) is 4.79 Å². The van der Waals surface area contributed by atoms with E-state index in [1.807, 2.05) is 34.7 Å². The van der Waals surface area contributed by atoms with Gasteiger partial charge in [-0.05, 0) is 61.9 Å². The lowest BCUT2D eigenvalue weighted by Gasteiger charge is -2.18. The number of aryl methyl sites for hydroxylation is 2. The van der Waals surface area contributed by atoms with Crippen LogP contribution in [0.3, 0.4) is 0 Å². The molecule has 0 bridgehead atoms. The number of thiophene rings is 1. The van der Waals surface area contributed by atoms with E-state index in [0.29, 0.717) is 19.7 Å². The van der Waals surface area contributed by atoms with Gasteiger partial charge in [-0.25, -0.2) is 4.98 Å². The zero-order valence-electron chi connectivity index (χ0n) is 16.1. The average molecular weight is 401 g/mol. The summed E-state index contributed by atoms with van der Waals surface area (Å²) in [5, 5.41) is 4.86. The molecule has 142 valence electrons. The molecule has 0 aliphatic carbocycles. The molecule has 2 aromatic heterocycles. The number of benzene rings is 1. The first-order valence-corrected chi connectivity index (χ1v) is 10.7. The Morgan fingerprint density at radius 2 is 2.04 bits per heavy atom. The Morgan fingerprint density at radius 1 is 1.22 bits per heavy atom. The van der Waals surface area contributed by atoms with Crippen LogP contribution in [0.2, 0.25) is 0 Å². The largest absolute Gasteiger partial charge is 0.486 e. The Bertz CT molecular complexity index is 916. The van der Waals surface area contributed by atoms with Gasteiger partial charge in [0, 0.05) is 11.9 Å². The maximum atomic E-state index is 12.5. The Morgan fingerprint density at radius 3 is 2.74 bits per heavy atom. The molecule has 0 atom stereocenters. The average Bonchev–Trinajstić information content (AvgIpc) is 3.32. The minimum atomic E-state index is 0.0594. The molecule has 0 saturated heterocycles. The first-order valence-electron chi connectivity index (χ1n) is 8.94. The van der Waals surface area contributed by atoms with Crippen molar-refractivity contribution in [3.63, 3.8) is 0 Å². The molecule has 0 N–H and O–H groups in total. The van der Waals surface area contributed by atoms with Crippen molar-refractivity contribution in [1.29, 1.82) is 0 Å². The molecule has 0 saturated carbocycles. The number of hydrogen-bond acceptors (Lipinski definition) is 5. The zero-order valence-corrected chi connectivity index (χ0v) is 17.7. The van der Waals surface area contributed by atoms with Gasteiger partial charge in [0.2, 0.25) is 0 Å². The van der Waals surface area contributed by atoms with Crippen molar-refractivity contribution in [3.05, 3.63) is 67.3 Å². The summed E-state index contributed by atoms with van der Waals surface area (Å²) in [7, 11) is 0. The summed E-state index contributed by atoms with van der Waals surface area (Å²) in [5.41, 5.74) is 4.49. The van der Waals surface area contributed by atoms with Gasteiger partial charge in [-0.15, -0.1) is 22.7 Å². The summed E-state index contributed by atoms with van der Waals surface area (Å²) in [6.45, 7) is 9.86. The van der Waals surface area contributed by atoms with Gasteiger partial charge >= 0.3 is 0 Å². The van der Waals surface area contributed by atoms with Gasteiger partial charge in [0.1, 0.15) is 17.4 Å². The number of ether oxygens (including phenoxy) is 1. The van der Waals surface area contributed by atoms with Crippen LogP contribution in [0.4, 0.5) is 0 Å². The van der Waals surface area contributed by atoms with Crippen LogP contribution in [0.15, 0.2) is 35.0 Å². The van der Waals surface area contributed by atoms with Crippen LogP contribution in [-0.4, -0.2) is 22.3 Å². The zero-order chi connectivity index (χ0) is 19.4. The molecule has 0 unspecified atom stereocenters. The lowest BCUT2D eigenvalue weighted by Crippen LogP contribution is -2.29. The molecule has 1 amide bonds. The summed E-state index contributed by atoms with van der Waals surface area (Å²) in [5.74, 6) is 0.969. The minimum Gasteiger partial charge on any atom is -0.486 e. The third-order valence-electron chi connectivity index (χ3n) is 4.47. The molecule has 0 fully saturated rings. The Kier molecular flexibility index (Phi) is 6.29. The second kappa shape index (κ2) is 8.67. The minimum absolute atomic E-state index is 0.0594. The van der Waals surface area contributed by atoms with Crippen LogP contribution in [-0.2, 0) is 13.2 Å². The highest BCUT2D eigenvalue weighted by atomic mass is 32.1. The molecule has 0 spiro atoms. The third-order valence-corrected chi connectivity index (χ3v) is 6.20. The van der Waals surface area contributed by atoms with E-state index in [1.165, 1.54) is 22.5 Å². The van der Waals surface area contributed by atoms with Crippen molar-refractivity contribution in [2.75, 3.05) is 6.54 Å². The van der Waals surface area contributed by atoms with Crippen molar-refractivity contribution >= 4 is 28.6 Å². The standard InChI is InChI=1S/C21H24N2O2S2/c1-5-23(21(24)19-7-6-8-26-19)11-17-13-27-20(22-17)12-25-18-10-14(2)9-15(3)16(18)4/h6-10,13H,5,11-12H2,1-4H3. The van der Waals surface area contributed by atoms with Crippen LogP contribution in [0.1, 0.15) is 44.0 Å². The van der Waals surface area contributed by atoms with Gasteiger partial charge in [0.15, 0.2) is 0 Å². The molecule has 0 aliphatic heterocycles.